The van der Waals surface area contributed by atoms with Crippen molar-refractivity contribution in [3.8, 4) is 0 Å². The summed E-state index contributed by atoms with van der Waals surface area (Å²) in [5.74, 6) is 0.822. The van der Waals surface area contributed by atoms with Gasteiger partial charge in [-0.15, -0.1) is 0 Å². The lowest BCUT2D eigenvalue weighted by Gasteiger charge is -2.03. The molecule has 1 aromatic rings. The van der Waals surface area contributed by atoms with E-state index in [2.05, 4.69) is 16.9 Å². The maximum atomic E-state index is 5.17. The highest BCUT2D eigenvalue weighted by molar-refractivity contribution is 5.71. The topological polar surface area (TPSA) is 38.4 Å². The Morgan fingerprint density at radius 3 is 2.73 bits per heavy atom. The van der Waals surface area contributed by atoms with E-state index >= 15 is 0 Å². The first kappa shape index (κ1) is 13.6. The zero-order chi connectivity index (χ0) is 11.5. The van der Waals surface area contributed by atoms with Gasteiger partial charge in [0.2, 0.25) is 0 Å². The summed E-state index contributed by atoms with van der Waals surface area (Å²) in [7, 11) is 0. The zero-order valence-corrected chi connectivity index (χ0v) is 9.97. The summed E-state index contributed by atoms with van der Waals surface area (Å²) in [5, 5.41) is 0. The molecule has 0 fully saturated rings. The molecule has 0 aliphatic rings. The first-order valence-electron chi connectivity index (χ1n) is 5.41. The molecule has 0 saturated heterocycles. The fourth-order valence-corrected chi connectivity index (χ4v) is 1.01. The van der Waals surface area contributed by atoms with E-state index in [1.54, 1.807) is 12.4 Å². The molecule has 0 saturated carbocycles. The van der Waals surface area contributed by atoms with Crippen molar-refractivity contribution in [3.63, 3.8) is 0 Å². The van der Waals surface area contributed by atoms with E-state index in [1.165, 1.54) is 6.39 Å². The van der Waals surface area contributed by atoms with Gasteiger partial charge in [-0.1, -0.05) is 26.8 Å². The average molecular weight is 208 g/mol. The molecular formula is C12H20N2O. The SMILES string of the molecule is C/C=C\C=NC(CC)c1cnco1.CC. The Morgan fingerprint density at radius 2 is 2.27 bits per heavy atom. The number of nitrogens with zero attached hydrogens (tertiary/aromatic N) is 2. The molecule has 0 aromatic carbocycles. The minimum absolute atomic E-state index is 0.0960. The van der Waals surface area contributed by atoms with Crippen LogP contribution in [0.3, 0.4) is 0 Å². The Bertz CT molecular complexity index is 276. The normalized spacial score (nSPS) is 12.8. The van der Waals surface area contributed by atoms with Gasteiger partial charge in [0, 0.05) is 6.21 Å². The van der Waals surface area contributed by atoms with Gasteiger partial charge in [-0.25, -0.2) is 4.98 Å². The molecule has 1 aromatic heterocycles. The number of aromatic nitrogens is 1. The van der Waals surface area contributed by atoms with Crippen molar-refractivity contribution >= 4 is 6.21 Å². The largest absolute Gasteiger partial charge is 0.446 e. The molecule has 0 bridgehead atoms. The predicted molar refractivity (Wildman–Crippen MR) is 64.2 cm³/mol. The molecule has 1 heterocycles. The maximum absolute atomic E-state index is 5.17. The fourth-order valence-electron chi connectivity index (χ4n) is 1.01. The van der Waals surface area contributed by atoms with Crippen molar-refractivity contribution in [3.05, 3.63) is 30.5 Å². The lowest BCUT2D eigenvalue weighted by atomic mass is 10.2. The summed E-state index contributed by atoms with van der Waals surface area (Å²) in [6.07, 6.45) is 9.69. The number of rotatable bonds is 4. The first-order chi connectivity index (χ1) is 7.38. The van der Waals surface area contributed by atoms with Crippen LogP contribution in [0.15, 0.2) is 34.2 Å². The van der Waals surface area contributed by atoms with Gasteiger partial charge in [-0.05, 0) is 19.4 Å². The number of hydrogen-bond acceptors (Lipinski definition) is 3. The van der Waals surface area contributed by atoms with Crippen LogP contribution in [0.4, 0.5) is 0 Å². The monoisotopic (exact) mass is 208 g/mol. The quantitative estimate of drug-likeness (QED) is 0.706. The highest BCUT2D eigenvalue weighted by atomic mass is 16.3. The molecular weight excluding hydrogens is 188 g/mol. The minimum atomic E-state index is 0.0960. The zero-order valence-electron chi connectivity index (χ0n) is 9.97. The Balaban J connectivity index is 0.000000921. The first-order valence-corrected chi connectivity index (χ1v) is 5.41. The molecule has 0 spiro atoms. The number of aliphatic imine (C=N–C) groups is 1. The Kier molecular flexibility index (Phi) is 8.34. The van der Waals surface area contributed by atoms with Crippen LogP contribution in [0.2, 0.25) is 0 Å². The van der Waals surface area contributed by atoms with Crippen LogP contribution in [0, 0.1) is 0 Å². The standard InChI is InChI=1S/C10H14N2O.C2H6/c1-3-5-6-12-9(4-2)10-7-11-8-13-10;1-2/h3,5-9H,4H2,1-2H3;1-2H3/b5-3-,12-6?;. The van der Waals surface area contributed by atoms with Gasteiger partial charge >= 0.3 is 0 Å². The molecule has 84 valence electrons. The molecule has 1 unspecified atom stereocenters. The van der Waals surface area contributed by atoms with Crippen molar-refractivity contribution in [2.45, 2.75) is 40.2 Å². The Hall–Kier alpha value is -1.38. The van der Waals surface area contributed by atoms with Gasteiger partial charge in [-0.3, -0.25) is 4.99 Å². The third-order valence-electron chi connectivity index (χ3n) is 1.71. The van der Waals surface area contributed by atoms with E-state index < -0.39 is 0 Å². The van der Waals surface area contributed by atoms with Gasteiger partial charge in [0.1, 0.15) is 11.8 Å². The van der Waals surface area contributed by atoms with E-state index in [9.17, 15) is 0 Å². The van der Waals surface area contributed by atoms with Crippen LogP contribution in [-0.4, -0.2) is 11.2 Å². The summed E-state index contributed by atoms with van der Waals surface area (Å²) in [5.41, 5.74) is 0. The number of oxazole rings is 1. The molecule has 1 rings (SSSR count). The van der Waals surface area contributed by atoms with Crippen LogP contribution < -0.4 is 0 Å². The Morgan fingerprint density at radius 1 is 1.53 bits per heavy atom. The average Bonchev–Trinajstić information content (AvgIpc) is 2.81. The summed E-state index contributed by atoms with van der Waals surface area (Å²) in [4.78, 5) is 8.19. The number of hydrogen-bond donors (Lipinski definition) is 0. The molecule has 0 aliphatic heterocycles. The van der Waals surface area contributed by atoms with Crippen LogP contribution >= 0.6 is 0 Å². The molecule has 3 heteroatoms. The van der Waals surface area contributed by atoms with Crippen LogP contribution in [0.1, 0.15) is 45.9 Å². The summed E-state index contributed by atoms with van der Waals surface area (Å²) in [6.45, 7) is 8.03. The highest BCUT2D eigenvalue weighted by Gasteiger charge is 2.08. The van der Waals surface area contributed by atoms with Crippen LogP contribution in [-0.2, 0) is 0 Å². The predicted octanol–water partition coefficient (Wildman–Crippen LogP) is 3.80. The van der Waals surface area contributed by atoms with Crippen LogP contribution in [0.25, 0.3) is 0 Å². The van der Waals surface area contributed by atoms with Gasteiger partial charge < -0.3 is 4.42 Å². The minimum Gasteiger partial charge on any atom is -0.446 e. The summed E-state index contributed by atoms with van der Waals surface area (Å²) in [6, 6.07) is 0.0960. The van der Waals surface area contributed by atoms with Gasteiger partial charge in [0.25, 0.3) is 0 Å². The highest BCUT2D eigenvalue weighted by Crippen LogP contribution is 2.19. The summed E-state index contributed by atoms with van der Waals surface area (Å²) >= 11 is 0. The van der Waals surface area contributed by atoms with Crippen molar-refractivity contribution in [1.29, 1.82) is 0 Å². The van der Waals surface area contributed by atoms with Crippen LogP contribution in [0.5, 0.6) is 0 Å². The number of allylic oxidation sites excluding steroid dienone is 2. The lowest BCUT2D eigenvalue weighted by molar-refractivity contribution is 0.459. The third-order valence-corrected chi connectivity index (χ3v) is 1.71. The maximum Gasteiger partial charge on any atom is 0.180 e. The molecule has 15 heavy (non-hydrogen) atoms. The fraction of sp³-hybridized carbons (Fsp3) is 0.500. The Labute approximate surface area is 91.9 Å². The van der Waals surface area contributed by atoms with Crippen molar-refractivity contribution < 1.29 is 4.42 Å². The second-order valence-electron chi connectivity index (χ2n) is 2.65. The molecule has 0 N–H and O–H groups in total. The van der Waals surface area contributed by atoms with Gasteiger partial charge in [0.05, 0.1) is 6.20 Å². The molecule has 1 atom stereocenters. The summed E-state index contributed by atoms with van der Waals surface area (Å²) < 4.78 is 5.17. The van der Waals surface area contributed by atoms with E-state index in [0.29, 0.717) is 0 Å². The molecule has 3 nitrogen and oxygen atoms in total. The third kappa shape index (κ3) is 5.15. The van der Waals surface area contributed by atoms with Gasteiger partial charge in [0.15, 0.2) is 6.39 Å². The van der Waals surface area contributed by atoms with Crippen molar-refractivity contribution in [2.75, 3.05) is 0 Å². The second kappa shape index (κ2) is 9.19. The van der Waals surface area contributed by atoms with E-state index in [1.807, 2.05) is 32.9 Å². The second-order valence-corrected chi connectivity index (χ2v) is 2.65. The van der Waals surface area contributed by atoms with E-state index in [-0.39, 0.29) is 6.04 Å². The molecule has 0 aliphatic carbocycles. The van der Waals surface area contributed by atoms with Crippen molar-refractivity contribution in [1.82, 2.24) is 4.98 Å². The molecule has 0 amide bonds. The molecule has 0 radical (unpaired) electrons. The van der Waals surface area contributed by atoms with E-state index in [4.69, 9.17) is 4.42 Å². The smallest absolute Gasteiger partial charge is 0.180 e. The van der Waals surface area contributed by atoms with E-state index in [0.717, 1.165) is 12.2 Å². The van der Waals surface area contributed by atoms with Gasteiger partial charge in [-0.2, -0.15) is 0 Å². The van der Waals surface area contributed by atoms with Crippen molar-refractivity contribution in [2.24, 2.45) is 4.99 Å². The lowest BCUT2D eigenvalue weighted by Crippen LogP contribution is -1.91.